The van der Waals surface area contributed by atoms with E-state index in [1.54, 1.807) is 11.1 Å². The van der Waals surface area contributed by atoms with Crippen LogP contribution in [0.25, 0.3) is 17.0 Å². The van der Waals surface area contributed by atoms with Gasteiger partial charge >= 0.3 is 119 Å². The number of hydrogen-bond donors (Lipinski definition) is 1. The van der Waals surface area contributed by atoms with E-state index in [0.717, 1.165) is 22.0 Å². The van der Waals surface area contributed by atoms with Gasteiger partial charge in [0.05, 0.1) is 0 Å². The zero-order chi connectivity index (χ0) is 13.0. The van der Waals surface area contributed by atoms with Crippen LogP contribution < -0.4 is 0 Å². The van der Waals surface area contributed by atoms with Crippen molar-refractivity contribution in [1.29, 1.82) is 0 Å². The molecule has 1 nitrogen and oxygen atoms in total. The van der Waals surface area contributed by atoms with E-state index in [9.17, 15) is 0 Å². The van der Waals surface area contributed by atoms with Gasteiger partial charge in [-0.3, -0.25) is 0 Å². The van der Waals surface area contributed by atoms with Crippen molar-refractivity contribution in [2.24, 2.45) is 0 Å². The van der Waals surface area contributed by atoms with Gasteiger partial charge in [-0.25, -0.2) is 0 Å². The predicted molar refractivity (Wildman–Crippen MR) is 76.7 cm³/mol. The summed E-state index contributed by atoms with van der Waals surface area (Å²) in [6.45, 7) is 3.74. The number of para-hydroxylation sites is 1. The first kappa shape index (κ1) is 13.1. The van der Waals surface area contributed by atoms with Gasteiger partial charge < -0.3 is 0 Å². The van der Waals surface area contributed by atoms with Crippen LogP contribution in [0.15, 0.2) is 54.6 Å². The van der Waals surface area contributed by atoms with Crippen LogP contribution in [-0.4, -0.2) is 9.98 Å². The third-order valence-corrected chi connectivity index (χ3v) is 3.08. The Kier molecular flexibility index (Phi) is 4.35. The first-order valence-corrected chi connectivity index (χ1v) is 6.38. The van der Waals surface area contributed by atoms with E-state index in [1.807, 2.05) is 42.5 Å². The van der Waals surface area contributed by atoms with Gasteiger partial charge in [0.1, 0.15) is 0 Å². The average molecular weight is 300 g/mol. The number of halogens is 1. The van der Waals surface area contributed by atoms with Gasteiger partial charge in [-0.1, -0.05) is 0 Å². The van der Waals surface area contributed by atoms with E-state index in [4.69, 9.17) is 11.6 Å². The number of hydrogen-bond acceptors (Lipinski definition) is 0. The number of H-pyrrole nitrogens is 1. The van der Waals surface area contributed by atoms with Crippen LogP contribution in [0, 0.1) is 0 Å². The molecule has 0 aliphatic rings. The fraction of sp³-hybridized carbons (Fsp3) is 0. The minimum atomic E-state index is 0.640. The first-order valence-electron chi connectivity index (χ1n) is 5.43. The minimum absolute atomic E-state index is 0.640. The molecule has 1 N–H and O–H groups in total. The van der Waals surface area contributed by atoms with Crippen molar-refractivity contribution in [3.05, 3.63) is 65.4 Å². The fourth-order valence-electron chi connectivity index (χ4n) is 1.73. The first-order chi connectivity index (χ1) is 8.76. The molecule has 1 aromatic carbocycles. The van der Waals surface area contributed by atoms with Gasteiger partial charge in [-0.2, -0.15) is 0 Å². The quantitative estimate of drug-likeness (QED) is 0.640. The maximum absolute atomic E-state index is 6.19. The number of benzene rings is 1. The molecule has 0 fully saturated rings. The van der Waals surface area contributed by atoms with Crippen molar-refractivity contribution in [2.75, 3.05) is 0 Å². The summed E-state index contributed by atoms with van der Waals surface area (Å²) in [5, 5.41) is 1.74. The molecule has 18 heavy (non-hydrogen) atoms. The number of rotatable bonds is 4. The zero-order valence-electron chi connectivity index (χ0n) is 9.60. The van der Waals surface area contributed by atoms with Crippen molar-refractivity contribution in [3.8, 4) is 0 Å². The van der Waals surface area contributed by atoms with Crippen LogP contribution in [0.3, 0.4) is 0 Å². The van der Waals surface area contributed by atoms with Gasteiger partial charge in [-0.15, -0.1) is 0 Å². The summed E-state index contributed by atoms with van der Waals surface area (Å²) in [5.41, 5.74) is 2.97. The molecule has 1 heterocycles. The molecule has 0 saturated carbocycles. The molecular weight excluding hydrogens is 288 g/mol. The second kappa shape index (κ2) is 5.99. The molecule has 3 heteroatoms. The summed E-state index contributed by atoms with van der Waals surface area (Å²) in [7, 11) is 0. The number of allylic oxidation sites excluding steroid dienone is 4. The predicted octanol–water partition coefficient (Wildman–Crippen LogP) is 4.30. The molecule has 0 saturated heterocycles. The van der Waals surface area contributed by atoms with Crippen molar-refractivity contribution in [1.82, 2.24) is 4.98 Å². The van der Waals surface area contributed by atoms with Gasteiger partial charge in [0.2, 0.25) is 0 Å². The Bertz CT molecular complexity index is 650. The molecule has 2 aromatic rings. The van der Waals surface area contributed by atoms with Gasteiger partial charge in [-0.05, 0) is 0 Å². The summed E-state index contributed by atoms with van der Waals surface area (Å²) in [6, 6.07) is 8.01. The van der Waals surface area contributed by atoms with Crippen molar-refractivity contribution in [2.45, 2.75) is 0 Å². The molecule has 94 valence electrons. The number of fused-ring (bicyclic) bond motifs is 1. The van der Waals surface area contributed by atoms with Crippen LogP contribution in [0.5, 0.6) is 0 Å². The van der Waals surface area contributed by atoms with E-state index in [1.165, 1.54) is 0 Å². The number of aromatic amines is 1. The van der Waals surface area contributed by atoms with Crippen molar-refractivity contribution < 1.29 is 15.0 Å². The third kappa shape index (κ3) is 2.72. The Hall–Kier alpha value is -1.37. The SMILES string of the molecule is C=CC(/C=C/c1c(Cl)[nH]c2ccccc12)=C\[CH]=[Ni]. The molecule has 0 bridgehead atoms. The standard InChI is InChI=1S/C15H12ClN.Ni/c1-3-11(4-2)9-10-13-12-7-5-6-8-14(12)17-15(13)16;/h1,3-10,17H,2H2;/b10-9+,11-3+;. The summed E-state index contributed by atoms with van der Waals surface area (Å²) >= 11 is 10.7. The molecule has 0 radical (unpaired) electrons. The fourth-order valence-corrected chi connectivity index (χ4v) is 2.18. The van der Waals surface area contributed by atoms with Gasteiger partial charge in [0.25, 0.3) is 0 Å². The maximum atomic E-state index is 6.19. The van der Waals surface area contributed by atoms with Crippen LogP contribution in [-0.2, 0) is 15.0 Å². The Balaban J connectivity index is 2.45. The molecule has 0 aliphatic heterocycles. The van der Waals surface area contributed by atoms with Crippen molar-refractivity contribution in [3.63, 3.8) is 0 Å². The molecular formula is C15H12ClNNi. The van der Waals surface area contributed by atoms with E-state index in [0.29, 0.717) is 5.15 Å². The number of aromatic nitrogens is 1. The van der Waals surface area contributed by atoms with Crippen LogP contribution in [0.1, 0.15) is 5.56 Å². The molecule has 2 rings (SSSR count). The Morgan fingerprint density at radius 3 is 2.83 bits per heavy atom. The van der Waals surface area contributed by atoms with Crippen molar-refractivity contribution >= 4 is 33.6 Å². The zero-order valence-corrected chi connectivity index (χ0v) is 11.3. The average Bonchev–Trinajstić information content (AvgIpc) is 2.70. The normalized spacial score (nSPS) is 12.3. The van der Waals surface area contributed by atoms with Gasteiger partial charge in [0, 0.05) is 0 Å². The summed E-state index contributed by atoms with van der Waals surface area (Å²) < 4.78 is 0. The Labute approximate surface area is 119 Å². The van der Waals surface area contributed by atoms with Crippen LogP contribution in [0.2, 0.25) is 5.15 Å². The monoisotopic (exact) mass is 299 g/mol. The second-order valence-electron chi connectivity index (χ2n) is 3.71. The Morgan fingerprint density at radius 1 is 1.33 bits per heavy atom. The van der Waals surface area contributed by atoms with Crippen LogP contribution >= 0.6 is 11.6 Å². The molecule has 0 aliphatic carbocycles. The van der Waals surface area contributed by atoms with Crippen LogP contribution in [0.4, 0.5) is 0 Å². The number of nitrogens with one attached hydrogen (secondary N) is 1. The van der Waals surface area contributed by atoms with E-state index < -0.39 is 0 Å². The third-order valence-electron chi connectivity index (χ3n) is 2.62. The molecule has 1 aromatic heterocycles. The van der Waals surface area contributed by atoms with E-state index in [-0.39, 0.29) is 0 Å². The molecule has 0 unspecified atom stereocenters. The second-order valence-corrected chi connectivity index (χ2v) is 4.41. The molecule has 0 amide bonds. The summed E-state index contributed by atoms with van der Waals surface area (Å²) in [5.74, 6) is 0. The van der Waals surface area contributed by atoms with E-state index in [2.05, 4.69) is 26.6 Å². The Morgan fingerprint density at radius 2 is 2.11 bits per heavy atom. The van der Waals surface area contributed by atoms with E-state index >= 15 is 0 Å². The summed E-state index contributed by atoms with van der Waals surface area (Å²) in [4.78, 5) is 4.75. The van der Waals surface area contributed by atoms with Gasteiger partial charge in [0.15, 0.2) is 0 Å². The molecule has 0 atom stereocenters. The molecule has 0 spiro atoms. The summed E-state index contributed by atoms with van der Waals surface area (Å²) in [6.07, 6.45) is 7.52. The topological polar surface area (TPSA) is 15.8 Å².